The lowest BCUT2D eigenvalue weighted by Gasteiger charge is -2.24. The minimum absolute atomic E-state index is 0.196. The Hall–Kier alpha value is -6.19. The van der Waals surface area contributed by atoms with Gasteiger partial charge in [0, 0.05) is 5.41 Å². The first-order valence-electron chi connectivity index (χ1n) is 17.1. The molecule has 0 aromatic heterocycles. The summed E-state index contributed by atoms with van der Waals surface area (Å²) in [6, 6.07) is 51.9. The van der Waals surface area contributed by atoms with Gasteiger partial charge in [-0.05, 0) is 124 Å². The normalized spacial score (nSPS) is 13.6. The third-order valence-electron chi connectivity index (χ3n) is 10.5. The number of nitrogens with zero attached hydrogens (tertiary/aromatic N) is 3. The van der Waals surface area contributed by atoms with Gasteiger partial charge in [-0.2, -0.15) is 0 Å². The lowest BCUT2D eigenvalue weighted by molar-refractivity contribution is 0.660. The molecule has 0 N–H and O–H groups in total. The fourth-order valence-corrected chi connectivity index (χ4v) is 8.13. The summed E-state index contributed by atoms with van der Waals surface area (Å²) in [4.78, 5) is 12.2. The Morgan fingerprint density at radius 2 is 1.08 bits per heavy atom. The summed E-state index contributed by atoms with van der Waals surface area (Å²) in [6.45, 7) is 8.71. The minimum atomic E-state index is -0.196. The van der Waals surface area contributed by atoms with Gasteiger partial charge in [0.05, 0.1) is 6.54 Å². The fraction of sp³-hybridized carbons (Fsp3) is 0.0851. The predicted molar refractivity (Wildman–Crippen MR) is 215 cm³/mol. The van der Waals surface area contributed by atoms with Gasteiger partial charge in [-0.1, -0.05) is 129 Å². The molecule has 0 heterocycles. The molecule has 238 valence electrons. The number of hydrogen-bond acceptors (Lipinski definition) is 1. The molecule has 1 aliphatic carbocycles. The van der Waals surface area contributed by atoms with Crippen LogP contribution in [0.3, 0.4) is 0 Å². The van der Waals surface area contributed by atoms with E-state index in [1.807, 2.05) is 0 Å². The van der Waals surface area contributed by atoms with E-state index >= 15 is 0 Å². The zero-order valence-corrected chi connectivity index (χ0v) is 28.2. The molecule has 0 spiro atoms. The average Bonchev–Trinajstić information content (AvgIpc) is 3.37. The molecule has 0 atom stereocenters. The van der Waals surface area contributed by atoms with Crippen LogP contribution in [0.5, 0.6) is 0 Å². The summed E-state index contributed by atoms with van der Waals surface area (Å²) in [5.74, 6) is 0. The zero-order chi connectivity index (χ0) is 33.8. The maximum Gasteiger partial charge on any atom is 0.116 e. The molecular formula is C47H35N3. The van der Waals surface area contributed by atoms with Crippen molar-refractivity contribution in [2.45, 2.75) is 25.8 Å². The van der Waals surface area contributed by atoms with E-state index in [1.165, 1.54) is 93.9 Å². The van der Waals surface area contributed by atoms with Gasteiger partial charge in [0.1, 0.15) is 12.7 Å². The quantitative estimate of drug-likeness (QED) is 0.0984. The Morgan fingerprint density at radius 1 is 0.520 bits per heavy atom. The summed E-state index contributed by atoms with van der Waals surface area (Å²) in [5.41, 5.74) is 11.3. The molecule has 1 aliphatic rings. The molecule has 0 bridgehead atoms. The van der Waals surface area contributed by atoms with Crippen LogP contribution < -0.4 is 0 Å². The van der Waals surface area contributed by atoms with Crippen LogP contribution in [-0.2, 0) is 12.0 Å². The topological polar surface area (TPSA) is 37.1 Å². The largest absolute Gasteiger partial charge is 0.269 e. The number of fused-ring (bicyclic) bond motifs is 7. The van der Waals surface area contributed by atoms with Gasteiger partial charge in [0.2, 0.25) is 0 Å². The molecule has 0 saturated carbocycles. The van der Waals surface area contributed by atoms with Gasteiger partial charge in [-0.25, -0.2) is 4.99 Å². The van der Waals surface area contributed by atoms with E-state index < -0.39 is 0 Å². The van der Waals surface area contributed by atoms with E-state index in [1.54, 1.807) is 6.34 Å². The highest BCUT2D eigenvalue weighted by Crippen LogP contribution is 2.53. The summed E-state index contributed by atoms with van der Waals surface area (Å²) in [7, 11) is 0. The van der Waals surface area contributed by atoms with E-state index in [0.29, 0.717) is 6.54 Å². The van der Waals surface area contributed by atoms with Crippen molar-refractivity contribution in [1.82, 2.24) is 0 Å². The Labute approximate surface area is 292 Å². The molecule has 0 amide bonds. The number of hydrogen-bond donors (Lipinski definition) is 0. The highest BCUT2D eigenvalue weighted by Gasteiger charge is 2.36. The number of benzene rings is 8. The van der Waals surface area contributed by atoms with Crippen molar-refractivity contribution < 1.29 is 0 Å². The molecular weight excluding hydrogens is 607 g/mol. The highest BCUT2D eigenvalue weighted by atomic mass is 14.9. The van der Waals surface area contributed by atoms with E-state index in [2.05, 4.69) is 175 Å². The SMILES string of the molecule is C=NC=NC=NCc1ccc2c(c1)C(C)(C)c1cc3c(-c4ccc5ccccc5c4)c4ccccc4c(-c4ccc5ccccc5c4)c3cc1-2. The second kappa shape index (κ2) is 11.7. The standard InChI is InChI=1S/C47H35N3/c1-47(2)43-22-30(27-49-29-50-28-48-3)16-21-37(43)40-25-41-42(26-44(40)47)46(36-20-18-32-11-5-7-13-34(32)24-36)39-15-9-8-14-38(39)45(41)35-19-17-31-10-4-6-12-33(31)23-35/h4-26,28-29H,3,27H2,1-2H3. The number of aliphatic imine (C=N–C) groups is 3. The highest BCUT2D eigenvalue weighted by molar-refractivity contribution is 6.23. The minimum Gasteiger partial charge on any atom is -0.269 e. The van der Waals surface area contributed by atoms with Crippen molar-refractivity contribution in [3.63, 3.8) is 0 Å². The van der Waals surface area contributed by atoms with Crippen molar-refractivity contribution in [1.29, 1.82) is 0 Å². The lowest BCUT2D eigenvalue weighted by atomic mass is 9.79. The van der Waals surface area contributed by atoms with Crippen LogP contribution in [0.4, 0.5) is 0 Å². The van der Waals surface area contributed by atoms with Crippen molar-refractivity contribution in [2.24, 2.45) is 15.0 Å². The van der Waals surface area contributed by atoms with E-state index in [9.17, 15) is 0 Å². The predicted octanol–water partition coefficient (Wildman–Crippen LogP) is 12.2. The van der Waals surface area contributed by atoms with Crippen LogP contribution in [0, 0.1) is 0 Å². The maximum atomic E-state index is 4.50. The summed E-state index contributed by atoms with van der Waals surface area (Å²) in [6.07, 6.45) is 2.94. The second-order valence-corrected chi connectivity index (χ2v) is 13.8. The molecule has 0 unspecified atom stereocenters. The third kappa shape index (κ3) is 4.77. The summed E-state index contributed by atoms with van der Waals surface area (Å²) >= 11 is 0. The summed E-state index contributed by atoms with van der Waals surface area (Å²) < 4.78 is 0. The van der Waals surface area contributed by atoms with E-state index in [0.717, 1.165) is 5.56 Å². The van der Waals surface area contributed by atoms with Crippen LogP contribution in [0.15, 0.2) is 155 Å². The summed E-state index contributed by atoms with van der Waals surface area (Å²) in [5, 5.41) is 10.1. The number of rotatable bonds is 6. The van der Waals surface area contributed by atoms with Crippen molar-refractivity contribution >= 4 is 62.5 Å². The molecule has 3 nitrogen and oxygen atoms in total. The molecule has 3 heteroatoms. The van der Waals surface area contributed by atoms with Crippen LogP contribution >= 0.6 is 0 Å². The monoisotopic (exact) mass is 641 g/mol. The van der Waals surface area contributed by atoms with Gasteiger partial charge in [0.25, 0.3) is 0 Å². The Balaban J connectivity index is 1.35. The first-order valence-corrected chi connectivity index (χ1v) is 17.1. The van der Waals surface area contributed by atoms with Gasteiger partial charge in [0.15, 0.2) is 0 Å². The lowest BCUT2D eigenvalue weighted by Crippen LogP contribution is -2.15. The average molecular weight is 642 g/mol. The molecule has 9 rings (SSSR count). The zero-order valence-electron chi connectivity index (χ0n) is 28.2. The van der Waals surface area contributed by atoms with Crippen molar-refractivity contribution in [3.05, 3.63) is 156 Å². The van der Waals surface area contributed by atoms with Crippen LogP contribution in [0.1, 0.15) is 30.5 Å². The molecule has 8 aromatic carbocycles. The Morgan fingerprint density at radius 3 is 1.70 bits per heavy atom. The van der Waals surface area contributed by atoms with E-state index in [-0.39, 0.29) is 5.41 Å². The smallest absolute Gasteiger partial charge is 0.116 e. The fourth-order valence-electron chi connectivity index (χ4n) is 8.13. The van der Waals surface area contributed by atoms with Crippen LogP contribution in [0.25, 0.3) is 76.5 Å². The first-order chi connectivity index (χ1) is 24.5. The molecule has 0 aliphatic heterocycles. The maximum absolute atomic E-state index is 4.50. The molecule has 0 saturated heterocycles. The first kappa shape index (κ1) is 29.9. The van der Waals surface area contributed by atoms with Crippen molar-refractivity contribution in [2.75, 3.05) is 0 Å². The third-order valence-corrected chi connectivity index (χ3v) is 10.5. The van der Waals surface area contributed by atoms with Gasteiger partial charge >= 0.3 is 0 Å². The van der Waals surface area contributed by atoms with Crippen LogP contribution in [-0.4, -0.2) is 19.4 Å². The Bertz CT molecular complexity index is 2730. The van der Waals surface area contributed by atoms with Gasteiger partial charge in [-0.3, -0.25) is 9.98 Å². The molecule has 0 fully saturated rings. The molecule has 0 radical (unpaired) electrons. The van der Waals surface area contributed by atoms with Gasteiger partial charge < -0.3 is 0 Å². The molecule has 8 aromatic rings. The van der Waals surface area contributed by atoms with Gasteiger partial charge in [-0.15, -0.1) is 0 Å². The van der Waals surface area contributed by atoms with E-state index in [4.69, 9.17) is 0 Å². The van der Waals surface area contributed by atoms with Crippen molar-refractivity contribution in [3.8, 4) is 33.4 Å². The molecule has 50 heavy (non-hydrogen) atoms. The Kier molecular flexibility index (Phi) is 7.03. The van der Waals surface area contributed by atoms with Crippen LogP contribution in [0.2, 0.25) is 0 Å². The second-order valence-electron chi connectivity index (χ2n) is 13.8.